The average Bonchev–Trinajstić information content (AvgIpc) is 2.92. The van der Waals surface area contributed by atoms with Crippen molar-refractivity contribution in [1.29, 1.82) is 0 Å². The van der Waals surface area contributed by atoms with Gasteiger partial charge in [-0.05, 0) is 56.4 Å². The van der Waals surface area contributed by atoms with E-state index in [4.69, 9.17) is 4.98 Å². The van der Waals surface area contributed by atoms with Crippen LogP contribution in [0.2, 0.25) is 0 Å². The second-order valence-corrected chi connectivity index (χ2v) is 8.19. The molecule has 0 spiro atoms. The van der Waals surface area contributed by atoms with Crippen LogP contribution in [0.4, 0.5) is 17.3 Å². The van der Waals surface area contributed by atoms with E-state index in [9.17, 15) is 0 Å². The Morgan fingerprint density at radius 1 is 1.10 bits per heavy atom. The molecule has 0 atom stereocenters. The van der Waals surface area contributed by atoms with Crippen molar-refractivity contribution in [1.82, 2.24) is 14.9 Å². The fourth-order valence-corrected chi connectivity index (χ4v) is 3.90. The number of aromatic nitrogens is 2. The van der Waals surface area contributed by atoms with Crippen LogP contribution in [0.25, 0.3) is 11.3 Å². The minimum atomic E-state index is 0.777. The van der Waals surface area contributed by atoms with Gasteiger partial charge < -0.3 is 20.0 Å². The van der Waals surface area contributed by atoms with E-state index in [1.165, 1.54) is 5.56 Å². The normalized spacial score (nSPS) is 13.7. The Bertz CT molecular complexity index is 1050. The van der Waals surface area contributed by atoms with Gasteiger partial charge in [-0.25, -0.2) is 9.97 Å². The van der Waals surface area contributed by atoms with E-state index in [-0.39, 0.29) is 0 Å². The fourth-order valence-electron chi connectivity index (χ4n) is 3.90. The first kappa shape index (κ1) is 20.9. The smallest absolute Gasteiger partial charge is 0.158 e. The SMILES string of the molecule is C=C(Nc1ccccn1)N1CCCN(C)c2ccc(-c3cccc(CN(C)C)c3)nc21. The molecule has 1 aliphatic heterocycles. The molecule has 0 saturated heterocycles. The maximum Gasteiger partial charge on any atom is 0.158 e. The van der Waals surface area contributed by atoms with Crippen LogP contribution in [-0.4, -0.2) is 49.1 Å². The number of fused-ring (bicyclic) bond motifs is 1. The third kappa shape index (κ3) is 4.86. The number of nitrogens with one attached hydrogen (secondary N) is 1. The van der Waals surface area contributed by atoms with Gasteiger partial charge in [-0.3, -0.25) is 0 Å². The second-order valence-electron chi connectivity index (χ2n) is 8.19. The van der Waals surface area contributed by atoms with Crippen molar-refractivity contribution < 1.29 is 0 Å². The molecule has 3 heterocycles. The van der Waals surface area contributed by atoms with Crippen LogP contribution in [0, 0.1) is 0 Å². The van der Waals surface area contributed by atoms with Crippen molar-refractivity contribution in [3.8, 4) is 11.3 Å². The minimum absolute atomic E-state index is 0.777. The summed E-state index contributed by atoms with van der Waals surface area (Å²) in [7, 11) is 6.29. The molecular formula is C25H30N6. The zero-order valence-corrected chi connectivity index (χ0v) is 18.5. The third-order valence-corrected chi connectivity index (χ3v) is 5.38. The van der Waals surface area contributed by atoms with Crippen molar-refractivity contribution in [2.75, 3.05) is 49.3 Å². The van der Waals surface area contributed by atoms with E-state index in [1.54, 1.807) is 6.20 Å². The van der Waals surface area contributed by atoms with E-state index in [1.807, 2.05) is 18.2 Å². The topological polar surface area (TPSA) is 47.5 Å². The van der Waals surface area contributed by atoms with Gasteiger partial charge in [0.1, 0.15) is 11.6 Å². The Labute approximate surface area is 184 Å². The third-order valence-electron chi connectivity index (χ3n) is 5.38. The van der Waals surface area contributed by atoms with Gasteiger partial charge in [-0.2, -0.15) is 0 Å². The zero-order valence-electron chi connectivity index (χ0n) is 18.5. The Balaban J connectivity index is 1.69. The van der Waals surface area contributed by atoms with Gasteiger partial charge in [-0.1, -0.05) is 30.8 Å². The molecule has 2 aromatic heterocycles. The van der Waals surface area contributed by atoms with Gasteiger partial charge in [0.15, 0.2) is 5.82 Å². The van der Waals surface area contributed by atoms with Gasteiger partial charge in [0, 0.05) is 38.4 Å². The molecule has 6 nitrogen and oxygen atoms in total. The standard InChI is InChI=1S/C25H30N6/c1-19(27-24-11-5-6-14-26-24)31-16-8-15-30(4)23-13-12-22(28-25(23)31)21-10-7-9-20(17-21)18-29(2)3/h5-7,9-14,17H,1,8,15-16,18H2,2-4H3,(H,26,27). The summed E-state index contributed by atoms with van der Waals surface area (Å²) in [6.07, 6.45) is 2.79. The monoisotopic (exact) mass is 414 g/mol. The van der Waals surface area contributed by atoms with E-state index < -0.39 is 0 Å². The molecule has 1 N–H and O–H groups in total. The molecule has 1 aromatic carbocycles. The lowest BCUT2D eigenvalue weighted by Gasteiger charge is -2.27. The van der Waals surface area contributed by atoms with Crippen LogP contribution in [-0.2, 0) is 6.54 Å². The number of nitrogens with zero attached hydrogens (tertiary/aromatic N) is 5. The molecule has 1 aliphatic rings. The van der Waals surface area contributed by atoms with Crippen LogP contribution in [0.15, 0.2) is 73.2 Å². The molecule has 0 aliphatic carbocycles. The van der Waals surface area contributed by atoms with Gasteiger partial charge >= 0.3 is 0 Å². The molecule has 0 fully saturated rings. The number of anilines is 3. The first-order valence-electron chi connectivity index (χ1n) is 10.6. The lowest BCUT2D eigenvalue weighted by atomic mass is 10.1. The predicted octanol–water partition coefficient (Wildman–Crippen LogP) is 4.43. The molecule has 4 rings (SSSR count). The first-order chi connectivity index (χ1) is 15.0. The highest BCUT2D eigenvalue weighted by Gasteiger charge is 2.23. The number of rotatable bonds is 6. The van der Waals surface area contributed by atoms with Crippen molar-refractivity contribution in [2.45, 2.75) is 13.0 Å². The summed E-state index contributed by atoms with van der Waals surface area (Å²) in [5, 5.41) is 3.34. The largest absolute Gasteiger partial charge is 0.372 e. The van der Waals surface area contributed by atoms with E-state index in [2.05, 4.69) is 89.1 Å². The van der Waals surface area contributed by atoms with Crippen molar-refractivity contribution >= 4 is 17.3 Å². The Morgan fingerprint density at radius 2 is 1.97 bits per heavy atom. The summed E-state index contributed by atoms with van der Waals surface area (Å²) in [5.74, 6) is 2.48. The van der Waals surface area contributed by atoms with Crippen molar-refractivity contribution in [3.05, 3.63) is 78.8 Å². The molecule has 6 heteroatoms. The van der Waals surface area contributed by atoms with E-state index in [0.29, 0.717) is 0 Å². The molecule has 0 unspecified atom stereocenters. The number of hydrogen-bond donors (Lipinski definition) is 1. The summed E-state index contributed by atoms with van der Waals surface area (Å²) in [6, 6.07) is 18.7. The quantitative estimate of drug-likeness (QED) is 0.644. The molecule has 3 aromatic rings. The highest BCUT2D eigenvalue weighted by atomic mass is 15.3. The summed E-state index contributed by atoms with van der Waals surface area (Å²) < 4.78 is 0. The summed E-state index contributed by atoms with van der Waals surface area (Å²) in [6.45, 7) is 7.01. The van der Waals surface area contributed by atoms with Gasteiger partial charge in [-0.15, -0.1) is 0 Å². The molecular weight excluding hydrogens is 384 g/mol. The Kier molecular flexibility index (Phi) is 6.18. The van der Waals surface area contributed by atoms with Crippen molar-refractivity contribution in [3.63, 3.8) is 0 Å². The molecule has 0 bridgehead atoms. The molecule has 0 radical (unpaired) electrons. The van der Waals surface area contributed by atoms with Gasteiger partial charge in [0.25, 0.3) is 0 Å². The maximum atomic E-state index is 5.11. The highest BCUT2D eigenvalue weighted by molar-refractivity contribution is 5.75. The zero-order chi connectivity index (χ0) is 21.8. The molecule has 0 amide bonds. The fraction of sp³-hybridized carbons (Fsp3) is 0.280. The maximum absolute atomic E-state index is 5.11. The van der Waals surface area contributed by atoms with E-state index in [0.717, 1.165) is 60.5 Å². The van der Waals surface area contributed by atoms with Gasteiger partial charge in [0.2, 0.25) is 0 Å². The van der Waals surface area contributed by atoms with Crippen molar-refractivity contribution in [2.24, 2.45) is 0 Å². The lowest BCUT2D eigenvalue weighted by molar-refractivity contribution is 0.402. The predicted molar refractivity (Wildman–Crippen MR) is 129 cm³/mol. The summed E-state index contributed by atoms with van der Waals surface area (Å²) in [5.41, 5.74) is 4.46. The molecule has 0 saturated carbocycles. The summed E-state index contributed by atoms with van der Waals surface area (Å²) in [4.78, 5) is 16.1. The number of benzene rings is 1. The number of pyridine rings is 2. The Morgan fingerprint density at radius 3 is 2.74 bits per heavy atom. The van der Waals surface area contributed by atoms with E-state index >= 15 is 0 Å². The van der Waals surface area contributed by atoms with Crippen LogP contribution in [0.5, 0.6) is 0 Å². The van der Waals surface area contributed by atoms with Crippen LogP contribution < -0.4 is 15.1 Å². The minimum Gasteiger partial charge on any atom is -0.372 e. The van der Waals surface area contributed by atoms with Crippen LogP contribution in [0.1, 0.15) is 12.0 Å². The summed E-state index contributed by atoms with van der Waals surface area (Å²) >= 11 is 0. The number of hydrogen-bond acceptors (Lipinski definition) is 6. The van der Waals surface area contributed by atoms with Crippen LogP contribution in [0.3, 0.4) is 0 Å². The first-order valence-corrected chi connectivity index (χ1v) is 10.6. The van der Waals surface area contributed by atoms with Crippen LogP contribution >= 0.6 is 0 Å². The average molecular weight is 415 g/mol. The second kappa shape index (κ2) is 9.18. The molecule has 160 valence electrons. The lowest BCUT2D eigenvalue weighted by Crippen LogP contribution is -2.28. The Hall–Kier alpha value is -3.38. The van der Waals surface area contributed by atoms with Gasteiger partial charge in [0.05, 0.1) is 11.4 Å². The highest BCUT2D eigenvalue weighted by Crippen LogP contribution is 2.34. The molecule has 31 heavy (non-hydrogen) atoms.